The molecule has 1 saturated carbocycles. The van der Waals surface area contributed by atoms with Crippen molar-refractivity contribution < 1.29 is 0 Å². The third-order valence-corrected chi connectivity index (χ3v) is 5.38. The van der Waals surface area contributed by atoms with E-state index in [1.807, 2.05) is 6.92 Å². The van der Waals surface area contributed by atoms with Crippen molar-refractivity contribution in [2.24, 2.45) is 5.92 Å². The van der Waals surface area contributed by atoms with Crippen molar-refractivity contribution in [2.75, 3.05) is 25.0 Å². The minimum Gasteiger partial charge on any atom is -0.382 e. The van der Waals surface area contributed by atoms with Crippen LogP contribution in [-0.4, -0.2) is 50.4 Å². The van der Waals surface area contributed by atoms with Gasteiger partial charge >= 0.3 is 0 Å². The molecule has 6 heteroatoms. The molecule has 6 nitrogen and oxygen atoms in total. The van der Waals surface area contributed by atoms with Crippen LogP contribution in [0.5, 0.6) is 0 Å². The van der Waals surface area contributed by atoms with E-state index in [0.717, 1.165) is 35.5 Å². The summed E-state index contributed by atoms with van der Waals surface area (Å²) in [6, 6.07) is 2.91. The Bertz CT molecular complexity index is 660. The number of rotatable bonds is 4. The fraction of sp³-hybridized carbons (Fsp3) is 0.706. The van der Waals surface area contributed by atoms with Crippen LogP contribution in [0.1, 0.15) is 44.2 Å². The highest BCUT2D eigenvalue weighted by Crippen LogP contribution is 2.28. The minimum atomic E-state index is 0.730. The van der Waals surface area contributed by atoms with Crippen LogP contribution in [0.25, 0.3) is 5.65 Å². The Balaban J connectivity index is 1.36. The Morgan fingerprint density at radius 1 is 1.22 bits per heavy atom. The number of hydrogen-bond acceptors (Lipinski definition) is 5. The van der Waals surface area contributed by atoms with Crippen molar-refractivity contribution in [1.29, 1.82) is 0 Å². The van der Waals surface area contributed by atoms with E-state index in [1.54, 1.807) is 10.8 Å². The summed E-state index contributed by atoms with van der Waals surface area (Å²) in [7, 11) is 0. The van der Waals surface area contributed by atoms with Gasteiger partial charge in [-0.1, -0.05) is 19.3 Å². The van der Waals surface area contributed by atoms with E-state index in [1.165, 1.54) is 51.6 Å². The van der Waals surface area contributed by atoms with Crippen LogP contribution in [0.4, 0.5) is 5.69 Å². The Labute approximate surface area is 137 Å². The molecule has 1 unspecified atom stereocenters. The molecule has 1 N–H and O–H groups in total. The Morgan fingerprint density at radius 3 is 2.96 bits per heavy atom. The predicted molar refractivity (Wildman–Crippen MR) is 90.6 cm³/mol. The van der Waals surface area contributed by atoms with E-state index < -0.39 is 0 Å². The van der Waals surface area contributed by atoms with Crippen molar-refractivity contribution in [2.45, 2.75) is 51.5 Å². The number of aryl methyl sites for hydroxylation is 1. The highest BCUT2D eigenvalue weighted by molar-refractivity contribution is 5.66. The monoisotopic (exact) mass is 314 g/mol. The second-order valence-electron chi connectivity index (χ2n) is 7.12. The van der Waals surface area contributed by atoms with E-state index in [4.69, 9.17) is 0 Å². The van der Waals surface area contributed by atoms with Gasteiger partial charge in [0.15, 0.2) is 0 Å². The molecular weight excluding hydrogens is 288 g/mol. The fourth-order valence-corrected chi connectivity index (χ4v) is 4.14. The number of nitrogens with one attached hydrogen (secondary N) is 1. The predicted octanol–water partition coefficient (Wildman–Crippen LogP) is 2.50. The van der Waals surface area contributed by atoms with Crippen molar-refractivity contribution in [3.8, 4) is 0 Å². The molecule has 0 amide bonds. The molecular formula is C17H26N6. The molecule has 0 spiro atoms. The lowest BCUT2D eigenvalue weighted by atomic mass is 9.94. The lowest BCUT2D eigenvalue weighted by Gasteiger charge is -2.31. The summed E-state index contributed by atoms with van der Waals surface area (Å²) in [6.45, 7) is 5.53. The molecule has 0 aromatic carbocycles. The van der Waals surface area contributed by atoms with Crippen LogP contribution < -0.4 is 5.32 Å². The van der Waals surface area contributed by atoms with Gasteiger partial charge in [0.25, 0.3) is 0 Å². The molecule has 1 saturated heterocycles. The van der Waals surface area contributed by atoms with Gasteiger partial charge in [-0.3, -0.25) is 0 Å². The first-order valence-electron chi connectivity index (χ1n) is 8.95. The molecule has 124 valence electrons. The summed E-state index contributed by atoms with van der Waals surface area (Å²) < 4.78 is 1.75. The smallest absolute Gasteiger partial charge is 0.200 e. The summed E-state index contributed by atoms with van der Waals surface area (Å²) >= 11 is 0. The van der Waals surface area contributed by atoms with E-state index in [2.05, 4.69) is 31.6 Å². The summed E-state index contributed by atoms with van der Waals surface area (Å²) in [5.41, 5.74) is 2.85. The normalized spacial score (nSPS) is 23.6. The Morgan fingerprint density at radius 2 is 2.09 bits per heavy atom. The summed E-state index contributed by atoms with van der Waals surface area (Å²) in [5.74, 6) is 0.730. The van der Waals surface area contributed by atoms with Crippen LogP contribution >= 0.6 is 0 Å². The fourth-order valence-electron chi connectivity index (χ4n) is 4.14. The second-order valence-corrected chi connectivity index (χ2v) is 7.12. The molecule has 1 aliphatic carbocycles. The molecule has 2 aliphatic rings. The number of likely N-dealkylation sites (tertiary alicyclic amines) is 1. The van der Waals surface area contributed by atoms with E-state index in [-0.39, 0.29) is 0 Å². The van der Waals surface area contributed by atoms with Crippen LogP contribution in [-0.2, 0) is 0 Å². The first-order valence-corrected chi connectivity index (χ1v) is 8.95. The van der Waals surface area contributed by atoms with Gasteiger partial charge in [0.2, 0.25) is 5.65 Å². The third-order valence-electron chi connectivity index (χ3n) is 5.38. The SMILES string of the molecule is Cc1cc(NCC2CCN(C3CCCCC3)C2)c2nncn2n1. The van der Waals surface area contributed by atoms with Gasteiger partial charge in [-0.25, -0.2) is 0 Å². The molecule has 0 bridgehead atoms. The maximum atomic E-state index is 4.39. The van der Waals surface area contributed by atoms with Crippen LogP contribution in [0, 0.1) is 12.8 Å². The average molecular weight is 314 g/mol. The number of fused-ring (bicyclic) bond motifs is 1. The van der Waals surface area contributed by atoms with Gasteiger partial charge in [-0.2, -0.15) is 9.61 Å². The maximum Gasteiger partial charge on any atom is 0.200 e. The first kappa shape index (κ1) is 14.9. The van der Waals surface area contributed by atoms with Gasteiger partial charge in [-0.05, 0) is 44.7 Å². The van der Waals surface area contributed by atoms with Crippen molar-refractivity contribution in [3.63, 3.8) is 0 Å². The lowest BCUT2D eigenvalue weighted by Crippen LogP contribution is -2.35. The average Bonchev–Trinajstić information content (AvgIpc) is 3.22. The zero-order valence-corrected chi connectivity index (χ0v) is 13.9. The summed E-state index contributed by atoms with van der Waals surface area (Å²) in [6.07, 6.45) is 10.1. The van der Waals surface area contributed by atoms with Gasteiger partial charge in [0, 0.05) is 19.1 Å². The summed E-state index contributed by atoms with van der Waals surface area (Å²) in [5, 5.41) is 16.1. The van der Waals surface area contributed by atoms with Gasteiger partial charge in [-0.15, -0.1) is 10.2 Å². The number of aromatic nitrogens is 4. The zero-order valence-electron chi connectivity index (χ0n) is 13.9. The minimum absolute atomic E-state index is 0.730. The lowest BCUT2D eigenvalue weighted by molar-refractivity contribution is 0.186. The third kappa shape index (κ3) is 3.17. The molecule has 2 aromatic heterocycles. The molecule has 2 fully saturated rings. The number of anilines is 1. The molecule has 0 radical (unpaired) electrons. The largest absolute Gasteiger partial charge is 0.382 e. The van der Waals surface area contributed by atoms with Crippen molar-refractivity contribution in [1.82, 2.24) is 24.7 Å². The van der Waals surface area contributed by atoms with Gasteiger partial charge in [0.1, 0.15) is 6.33 Å². The molecule has 23 heavy (non-hydrogen) atoms. The van der Waals surface area contributed by atoms with E-state index in [0.29, 0.717) is 0 Å². The van der Waals surface area contributed by atoms with E-state index >= 15 is 0 Å². The topological polar surface area (TPSA) is 58.3 Å². The molecule has 3 heterocycles. The first-order chi connectivity index (χ1) is 11.3. The quantitative estimate of drug-likeness (QED) is 0.939. The van der Waals surface area contributed by atoms with Gasteiger partial charge in [0.05, 0.1) is 11.4 Å². The molecule has 1 aliphatic heterocycles. The van der Waals surface area contributed by atoms with Crippen molar-refractivity contribution >= 4 is 11.3 Å². The van der Waals surface area contributed by atoms with Gasteiger partial charge < -0.3 is 10.2 Å². The number of hydrogen-bond donors (Lipinski definition) is 1. The zero-order chi connectivity index (χ0) is 15.6. The Kier molecular flexibility index (Phi) is 4.16. The van der Waals surface area contributed by atoms with Crippen LogP contribution in [0.2, 0.25) is 0 Å². The van der Waals surface area contributed by atoms with Crippen LogP contribution in [0.15, 0.2) is 12.4 Å². The highest BCUT2D eigenvalue weighted by Gasteiger charge is 2.28. The second kappa shape index (κ2) is 6.43. The van der Waals surface area contributed by atoms with E-state index in [9.17, 15) is 0 Å². The molecule has 2 aromatic rings. The highest BCUT2D eigenvalue weighted by atomic mass is 15.3. The molecule has 1 atom stereocenters. The molecule has 4 rings (SSSR count). The maximum absolute atomic E-state index is 4.39. The van der Waals surface area contributed by atoms with Crippen LogP contribution in [0.3, 0.4) is 0 Å². The standard InChI is InChI=1S/C17H26N6/c1-13-9-16(17-20-19-12-23(17)21-13)18-10-14-7-8-22(11-14)15-5-3-2-4-6-15/h9,12,14-15,18H,2-8,10-11H2,1H3. The summed E-state index contributed by atoms with van der Waals surface area (Å²) in [4.78, 5) is 2.73. The van der Waals surface area contributed by atoms with Crippen molar-refractivity contribution in [3.05, 3.63) is 18.1 Å². The Hall–Kier alpha value is -1.69. The number of nitrogens with zero attached hydrogens (tertiary/aromatic N) is 5.